The highest BCUT2D eigenvalue weighted by atomic mass is 14.7. The van der Waals surface area contributed by atoms with Crippen LogP contribution < -0.4 is 0 Å². The summed E-state index contributed by atoms with van der Waals surface area (Å²) in [5.74, 6) is 3.67. The Bertz CT molecular complexity index is 1290. The van der Waals surface area contributed by atoms with Gasteiger partial charge in [-0.1, -0.05) is 42.5 Å². The number of aromatic nitrogens is 1. The van der Waals surface area contributed by atoms with Crippen LogP contribution >= 0.6 is 0 Å². The average Bonchev–Trinajstić information content (AvgIpc) is 3.24. The van der Waals surface area contributed by atoms with Crippen LogP contribution in [0.5, 0.6) is 0 Å². The zero-order valence-electron chi connectivity index (χ0n) is 16.6. The van der Waals surface area contributed by atoms with E-state index in [1.807, 2.05) is 0 Å². The van der Waals surface area contributed by atoms with Gasteiger partial charge >= 0.3 is 0 Å². The molecule has 4 bridgehead atoms. The molecule has 1 heterocycles. The van der Waals surface area contributed by atoms with E-state index < -0.39 is 0 Å². The maximum absolute atomic E-state index is 3.69. The van der Waals surface area contributed by atoms with Gasteiger partial charge in [-0.3, -0.25) is 0 Å². The van der Waals surface area contributed by atoms with Gasteiger partial charge in [-0.25, -0.2) is 0 Å². The molecule has 0 atom stereocenters. The first kappa shape index (κ1) is 15.3. The fraction of sp³-hybridized carbons (Fsp3) is 0.357. The molecular weight excluding hydrogens is 350 g/mol. The third-order valence-electron chi connectivity index (χ3n) is 9.18. The number of benzene rings is 3. The fourth-order valence-corrected chi connectivity index (χ4v) is 8.49. The molecule has 4 aromatic rings. The van der Waals surface area contributed by atoms with E-state index in [9.17, 15) is 0 Å². The van der Waals surface area contributed by atoms with Gasteiger partial charge in [0.2, 0.25) is 0 Å². The lowest BCUT2D eigenvalue weighted by Crippen LogP contribution is -2.55. The van der Waals surface area contributed by atoms with E-state index in [2.05, 4.69) is 65.6 Å². The second kappa shape index (κ2) is 4.95. The third kappa shape index (κ3) is 1.68. The minimum Gasteiger partial charge on any atom is -0.354 e. The topological polar surface area (TPSA) is 15.8 Å². The molecule has 4 fully saturated rings. The van der Waals surface area contributed by atoms with E-state index in [1.54, 1.807) is 11.1 Å². The normalized spacial score (nSPS) is 33.7. The van der Waals surface area contributed by atoms with E-state index in [0.29, 0.717) is 0 Å². The Morgan fingerprint density at radius 1 is 0.621 bits per heavy atom. The van der Waals surface area contributed by atoms with Crippen molar-refractivity contribution in [3.63, 3.8) is 0 Å². The Labute approximate surface area is 171 Å². The number of aromatic amines is 1. The van der Waals surface area contributed by atoms with E-state index >= 15 is 0 Å². The highest BCUT2D eigenvalue weighted by Crippen LogP contribution is 2.69. The van der Waals surface area contributed by atoms with Crippen molar-refractivity contribution >= 4 is 21.8 Å². The maximum Gasteiger partial charge on any atom is 0.0471 e. The van der Waals surface area contributed by atoms with Gasteiger partial charge < -0.3 is 4.98 Å². The van der Waals surface area contributed by atoms with Crippen molar-refractivity contribution in [3.8, 4) is 11.1 Å². The molecule has 9 rings (SSSR count). The summed E-state index contributed by atoms with van der Waals surface area (Å²) in [6.45, 7) is 0. The summed E-state index contributed by atoms with van der Waals surface area (Å²) in [5, 5.41) is 2.79. The van der Waals surface area contributed by atoms with Crippen LogP contribution in [0.25, 0.3) is 32.9 Å². The second-order valence-electron chi connectivity index (χ2n) is 10.3. The quantitative estimate of drug-likeness (QED) is 0.339. The predicted molar refractivity (Wildman–Crippen MR) is 119 cm³/mol. The van der Waals surface area contributed by atoms with Crippen molar-refractivity contribution in [2.45, 2.75) is 37.5 Å². The van der Waals surface area contributed by atoms with Gasteiger partial charge in [-0.05, 0) is 96.2 Å². The monoisotopic (exact) mass is 375 g/mol. The van der Waals surface area contributed by atoms with E-state index in [4.69, 9.17) is 0 Å². The van der Waals surface area contributed by atoms with Crippen LogP contribution in [0.4, 0.5) is 0 Å². The predicted octanol–water partition coefficient (Wildman–Crippen LogP) is 7.04. The lowest BCUT2D eigenvalue weighted by molar-refractivity contribution is -0.0399. The Kier molecular flexibility index (Phi) is 2.62. The van der Waals surface area contributed by atoms with Crippen LogP contribution in [-0.2, 0) is 5.41 Å². The highest BCUT2D eigenvalue weighted by Gasteiger charge is 2.61. The largest absolute Gasteiger partial charge is 0.354 e. The molecule has 5 aliphatic carbocycles. The molecule has 142 valence electrons. The Hall–Kier alpha value is -2.54. The fourth-order valence-electron chi connectivity index (χ4n) is 8.49. The summed E-state index contributed by atoms with van der Waals surface area (Å²) < 4.78 is 0. The first-order valence-electron chi connectivity index (χ1n) is 11.5. The van der Waals surface area contributed by atoms with Crippen molar-refractivity contribution < 1.29 is 0 Å². The molecule has 1 nitrogen and oxygen atoms in total. The van der Waals surface area contributed by atoms with Gasteiger partial charge in [0.1, 0.15) is 0 Å². The van der Waals surface area contributed by atoms with E-state index in [0.717, 1.165) is 23.7 Å². The second-order valence-corrected chi connectivity index (χ2v) is 10.3. The maximum atomic E-state index is 3.69. The van der Waals surface area contributed by atoms with Crippen LogP contribution in [0.2, 0.25) is 0 Å². The Balaban J connectivity index is 1.50. The number of rotatable bonds is 0. The van der Waals surface area contributed by atoms with E-state index in [1.165, 1.54) is 65.0 Å². The van der Waals surface area contributed by atoms with Crippen molar-refractivity contribution in [2.75, 3.05) is 0 Å². The van der Waals surface area contributed by atoms with Crippen molar-refractivity contribution in [1.29, 1.82) is 0 Å². The van der Waals surface area contributed by atoms with Crippen molar-refractivity contribution in [2.24, 2.45) is 23.7 Å². The number of nitrogens with one attached hydrogen (secondary N) is 1. The molecule has 1 heteroatoms. The smallest absolute Gasteiger partial charge is 0.0471 e. The molecule has 1 spiro atoms. The highest BCUT2D eigenvalue weighted by molar-refractivity contribution is 6.09. The molecule has 29 heavy (non-hydrogen) atoms. The van der Waals surface area contributed by atoms with Gasteiger partial charge in [0, 0.05) is 27.2 Å². The van der Waals surface area contributed by atoms with Crippen molar-refractivity contribution in [1.82, 2.24) is 4.98 Å². The molecule has 0 saturated heterocycles. The number of hydrogen-bond donors (Lipinski definition) is 1. The van der Waals surface area contributed by atoms with Crippen LogP contribution in [0, 0.1) is 23.7 Å². The average molecular weight is 376 g/mol. The summed E-state index contributed by atoms with van der Waals surface area (Å²) >= 11 is 0. The van der Waals surface area contributed by atoms with E-state index in [-0.39, 0.29) is 5.41 Å². The van der Waals surface area contributed by atoms with Gasteiger partial charge in [-0.2, -0.15) is 0 Å². The van der Waals surface area contributed by atoms with Gasteiger partial charge in [0.15, 0.2) is 0 Å². The van der Waals surface area contributed by atoms with Gasteiger partial charge in [0.25, 0.3) is 0 Å². The minimum atomic E-state index is 0.270. The first-order chi connectivity index (χ1) is 14.3. The third-order valence-corrected chi connectivity index (χ3v) is 9.18. The first-order valence-corrected chi connectivity index (χ1v) is 11.5. The summed E-state index contributed by atoms with van der Waals surface area (Å²) in [4.78, 5) is 3.69. The minimum absolute atomic E-state index is 0.270. The molecule has 0 radical (unpaired) electrons. The number of H-pyrrole nitrogens is 1. The summed E-state index contributed by atoms with van der Waals surface area (Å²) in [6.07, 6.45) is 7.32. The van der Waals surface area contributed by atoms with Gasteiger partial charge in [-0.15, -0.1) is 0 Å². The SMILES string of the molecule is c1ccc2c(c1)-c1cc3[nH]c4ccccc4c3cc1C21C2CC3CC(C2)CC1C3. The molecule has 1 aromatic heterocycles. The molecule has 0 amide bonds. The van der Waals surface area contributed by atoms with Crippen LogP contribution in [0.1, 0.15) is 43.2 Å². The van der Waals surface area contributed by atoms with Gasteiger partial charge in [0.05, 0.1) is 0 Å². The van der Waals surface area contributed by atoms with Crippen LogP contribution in [0.3, 0.4) is 0 Å². The zero-order valence-corrected chi connectivity index (χ0v) is 16.6. The molecule has 0 aliphatic heterocycles. The molecule has 0 unspecified atom stereocenters. The molecule has 5 aliphatic rings. The molecule has 1 N–H and O–H groups in total. The van der Waals surface area contributed by atoms with Crippen molar-refractivity contribution in [3.05, 3.63) is 71.8 Å². The number of fused-ring (bicyclic) bond motifs is 6. The molecular formula is C28H25N. The zero-order chi connectivity index (χ0) is 18.7. The Morgan fingerprint density at radius 2 is 1.34 bits per heavy atom. The standard InChI is InChI=1S/C28H25N/c1-3-7-24-20(5-1)22-15-27-23(21-6-2-4-8-26(21)29-27)14-25(22)28(24)18-10-16-9-17(12-18)13-19(28)11-16/h1-8,14-19,29H,9-13H2. The lowest BCUT2D eigenvalue weighted by Gasteiger charge is -2.61. The number of para-hydroxylation sites is 1. The molecule has 3 aromatic carbocycles. The summed E-state index contributed by atoms with van der Waals surface area (Å²) in [6, 6.07) is 23.3. The summed E-state index contributed by atoms with van der Waals surface area (Å²) in [7, 11) is 0. The molecule has 4 saturated carbocycles. The van der Waals surface area contributed by atoms with Crippen LogP contribution in [-0.4, -0.2) is 4.98 Å². The summed E-state index contributed by atoms with van der Waals surface area (Å²) in [5.41, 5.74) is 9.15. The Morgan fingerprint density at radius 3 is 2.17 bits per heavy atom. The van der Waals surface area contributed by atoms with Crippen LogP contribution in [0.15, 0.2) is 60.7 Å². The number of hydrogen-bond acceptors (Lipinski definition) is 0. The lowest BCUT2D eigenvalue weighted by atomic mass is 9.43.